The number of aliphatic hydroxyl groups is 1. The lowest BCUT2D eigenvalue weighted by Crippen LogP contribution is -2.05. The van der Waals surface area contributed by atoms with Crippen molar-refractivity contribution in [2.24, 2.45) is 11.5 Å². The molecule has 86 heavy (non-hydrogen) atoms. The van der Waals surface area contributed by atoms with Gasteiger partial charge in [0.2, 0.25) is 0 Å². The van der Waals surface area contributed by atoms with Crippen molar-refractivity contribution in [1.29, 1.82) is 0 Å². The number of hydrogen-bond donors (Lipinski definition) is 3. The van der Waals surface area contributed by atoms with Crippen LogP contribution in [0, 0.1) is 23.3 Å². The lowest BCUT2D eigenvalue weighted by atomic mass is 10.1. The highest BCUT2D eigenvalue weighted by molar-refractivity contribution is 9.08. The summed E-state index contributed by atoms with van der Waals surface area (Å²) >= 11 is 31.5. The van der Waals surface area contributed by atoms with Gasteiger partial charge in [0.25, 0.3) is 0 Å². The molecule has 12 nitrogen and oxygen atoms in total. The molecule has 5 N–H and O–H groups in total. The molecule has 0 spiro atoms. The molecule has 1 unspecified atom stereocenters. The maximum absolute atomic E-state index is 13.9. The molecule has 0 bridgehead atoms. The first kappa shape index (κ1) is 63.3. The predicted molar refractivity (Wildman–Crippen MR) is 342 cm³/mol. The highest BCUT2D eigenvalue weighted by Crippen LogP contribution is 2.35. The first-order valence-electron chi connectivity index (χ1n) is 26.3. The monoisotopic (exact) mass is 1360 g/mol. The lowest BCUT2D eigenvalue weighted by molar-refractivity contribution is -0.0589. The molecule has 13 rings (SSSR count). The van der Waals surface area contributed by atoms with Crippen molar-refractivity contribution in [2.45, 2.75) is 42.9 Å². The Morgan fingerprint density at radius 1 is 0.395 bits per heavy atom. The first-order valence-corrected chi connectivity index (χ1v) is 30.1. The van der Waals surface area contributed by atoms with Gasteiger partial charge in [-0.2, -0.15) is 0 Å². The van der Waals surface area contributed by atoms with E-state index in [4.69, 9.17) is 67.7 Å². The molecule has 22 heteroatoms. The Morgan fingerprint density at radius 3 is 1.01 bits per heavy atom. The van der Waals surface area contributed by atoms with E-state index in [0.717, 1.165) is 41.8 Å². The SMILES string of the molecule is Fc1cccc2nc(-c3ccccc3Cl)c(CBr)nc12.Fc1cccc2nc(CBr)c(-c3ccccc3Cl)nc12.NCc1nc2c(F)cccc2nc1-c1ccccc1Cl.NCc1nc2cccc(F)c2nc1-c1ccccc1Cl.OC1CCCO1. The normalized spacial score (nSPS) is 12.6. The highest BCUT2D eigenvalue weighted by Gasteiger charge is 2.19. The lowest BCUT2D eigenvalue weighted by Gasteiger charge is -2.10. The topological polar surface area (TPSA) is 185 Å². The van der Waals surface area contributed by atoms with Crippen molar-refractivity contribution in [2.75, 3.05) is 6.61 Å². The van der Waals surface area contributed by atoms with Gasteiger partial charge in [0.15, 0.2) is 29.6 Å². The Labute approximate surface area is 527 Å². The van der Waals surface area contributed by atoms with Gasteiger partial charge in [-0.15, -0.1) is 0 Å². The number of benzene rings is 8. The van der Waals surface area contributed by atoms with Gasteiger partial charge in [-0.3, -0.25) is 0 Å². The van der Waals surface area contributed by atoms with Crippen LogP contribution in [0.5, 0.6) is 0 Å². The number of aliphatic hydroxyl groups excluding tert-OH is 1. The van der Waals surface area contributed by atoms with Crippen LogP contribution in [-0.4, -0.2) is 57.9 Å². The van der Waals surface area contributed by atoms with Crippen molar-refractivity contribution in [3.63, 3.8) is 0 Å². The summed E-state index contributed by atoms with van der Waals surface area (Å²) in [6, 6.07) is 48.1. The van der Waals surface area contributed by atoms with Crippen LogP contribution in [0.2, 0.25) is 20.1 Å². The molecule has 1 saturated heterocycles. The third kappa shape index (κ3) is 15.0. The van der Waals surface area contributed by atoms with E-state index >= 15 is 0 Å². The van der Waals surface area contributed by atoms with Crippen LogP contribution in [0.4, 0.5) is 17.6 Å². The quantitative estimate of drug-likeness (QED) is 0.0968. The van der Waals surface area contributed by atoms with E-state index in [1.54, 1.807) is 72.8 Å². The van der Waals surface area contributed by atoms with E-state index < -0.39 is 17.9 Å². The largest absolute Gasteiger partial charge is 0.368 e. The summed E-state index contributed by atoms with van der Waals surface area (Å²) in [6.07, 6.45) is 1.38. The van der Waals surface area contributed by atoms with E-state index in [-0.39, 0.29) is 46.8 Å². The maximum Gasteiger partial charge on any atom is 0.154 e. The first-order chi connectivity index (χ1) is 41.7. The standard InChI is InChI=1S/2C15H9BrClFN2.2C15H11ClFN3.C4H8O2/c16-8-13-14(9-4-1-2-5-10(9)17)19-12-7-3-6-11(18)15(12)20-13;16-8-13-14(9-4-1-2-5-10(9)17)20-15-11(18)6-3-7-12(15)19-13;16-10-5-2-1-4-9(10)14-13(8-18)20-15-11(17)6-3-7-12(15)19-14;16-10-5-2-1-4-9(10)14-13(8-18)19-12-7-3-6-11(17)15(12)20-14;5-4-2-1-3-6-4/h2*1-7H,8H2;2*1-7H,8,18H2;4-5H,1-3H2. The van der Waals surface area contributed by atoms with Crippen molar-refractivity contribution in [3.05, 3.63) is 236 Å². The van der Waals surface area contributed by atoms with E-state index in [2.05, 4.69) is 71.7 Å². The molecular weight excluding hydrogens is 1320 g/mol. The van der Waals surface area contributed by atoms with Gasteiger partial charge in [0.05, 0.1) is 87.7 Å². The molecule has 0 saturated carbocycles. The summed E-state index contributed by atoms with van der Waals surface area (Å²) in [7, 11) is 0. The van der Waals surface area contributed by atoms with E-state index in [1.807, 2.05) is 72.8 Å². The van der Waals surface area contributed by atoms with Crippen LogP contribution in [0.25, 0.3) is 89.2 Å². The fourth-order valence-corrected chi connectivity index (χ4v) is 10.5. The molecule has 436 valence electrons. The van der Waals surface area contributed by atoms with Crippen LogP contribution in [-0.2, 0) is 28.5 Å². The second kappa shape index (κ2) is 29.9. The Hall–Kier alpha value is -7.20. The molecule has 1 atom stereocenters. The predicted octanol–water partition coefficient (Wildman–Crippen LogP) is 17.2. The number of ether oxygens (including phenoxy) is 1. The third-order valence-electron chi connectivity index (χ3n) is 12.9. The molecule has 1 aliphatic rings. The zero-order valence-electron chi connectivity index (χ0n) is 45.1. The second-order valence-corrected chi connectivity index (χ2v) is 21.3. The minimum atomic E-state index is -0.454. The average Bonchev–Trinajstić information content (AvgIpc) is 2.05. The number of alkyl halides is 2. The Morgan fingerprint density at radius 2 is 0.686 bits per heavy atom. The fourth-order valence-electron chi connectivity index (χ4n) is 8.82. The van der Waals surface area contributed by atoms with Gasteiger partial charge in [0, 0.05) is 59.0 Å². The number of hydrogen-bond acceptors (Lipinski definition) is 12. The van der Waals surface area contributed by atoms with E-state index in [1.165, 1.54) is 24.3 Å². The molecule has 0 aliphatic carbocycles. The smallest absolute Gasteiger partial charge is 0.154 e. The third-order valence-corrected chi connectivity index (χ3v) is 15.3. The van der Waals surface area contributed by atoms with Gasteiger partial charge < -0.3 is 21.3 Å². The fraction of sp³-hybridized carbons (Fsp3) is 0.125. The minimum absolute atomic E-state index is 0.165. The molecular formula is C64H48Br2Cl4F4N10O2. The minimum Gasteiger partial charge on any atom is -0.368 e. The molecule has 1 fully saturated rings. The summed E-state index contributed by atoms with van der Waals surface area (Å²) in [5, 5.41) is 11.8. The van der Waals surface area contributed by atoms with Crippen LogP contribution < -0.4 is 11.5 Å². The summed E-state index contributed by atoms with van der Waals surface area (Å²) in [6.45, 7) is 1.11. The number of fused-ring (bicyclic) bond motifs is 4. The summed E-state index contributed by atoms with van der Waals surface area (Å²) in [5.74, 6) is -1.57. The average molecular weight is 1370 g/mol. The van der Waals surface area contributed by atoms with Crippen molar-refractivity contribution >= 4 is 122 Å². The maximum atomic E-state index is 13.9. The van der Waals surface area contributed by atoms with Crippen LogP contribution >= 0.6 is 78.3 Å². The molecule has 12 aromatic rings. The van der Waals surface area contributed by atoms with Crippen LogP contribution in [0.3, 0.4) is 0 Å². The van der Waals surface area contributed by atoms with Gasteiger partial charge >= 0.3 is 0 Å². The van der Waals surface area contributed by atoms with Crippen LogP contribution in [0.1, 0.15) is 35.6 Å². The summed E-state index contributed by atoms with van der Waals surface area (Å²) in [4.78, 5) is 35.3. The highest BCUT2D eigenvalue weighted by atomic mass is 79.9. The van der Waals surface area contributed by atoms with Gasteiger partial charge in [0.1, 0.15) is 22.1 Å². The summed E-state index contributed by atoms with van der Waals surface area (Å²) < 4.78 is 59.9. The molecule has 0 amide bonds. The Bertz CT molecular complexity index is 4120. The number of rotatable bonds is 8. The number of halogens is 10. The van der Waals surface area contributed by atoms with Gasteiger partial charge in [-0.1, -0.05) is 175 Å². The second-order valence-electron chi connectivity index (χ2n) is 18.6. The zero-order valence-corrected chi connectivity index (χ0v) is 51.3. The Kier molecular flexibility index (Phi) is 22.0. The zero-order chi connectivity index (χ0) is 60.9. The van der Waals surface area contributed by atoms with Crippen molar-refractivity contribution in [3.8, 4) is 45.0 Å². The molecule has 1 aliphatic heterocycles. The summed E-state index contributed by atoms with van der Waals surface area (Å²) in [5.41, 5.74) is 22.3. The number of para-hydroxylation sites is 4. The van der Waals surface area contributed by atoms with Crippen LogP contribution in [0.15, 0.2) is 170 Å². The molecule has 4 aromatic heterocycles. The molecule has 0 radical (unpaired) electrons. The number of aromatic nitrogens is 8. The van der Waals surface area contributed by atoms with E-state index in [0.29, 0.717) is 98.2 Å². The van der Waals surface area contributed by atoms with E-state index in [9.17, 15) is 17.6 Å². The van der Waals surface area contributed by atoms with Gasteiger partial charge in [-0.25, -0.2) is 57.4 Å². The number of nitrogens with two attached hydrogens (primary N) is 2. The van der Waals surface area contributed by atoms with Crippen molar-refractivity contribution < 1.29 is 27.4 Å². The molecule has 5 heterocycles. The Balaban J connectivity index is 0.000000132. The number of nitrogens with zero attached hydrogens (tertiary/aromatic N) is 8. The molecule has 8 aromatic carbocycles. The van der Waals surface area contributed by atoms with Gasteiger partial charge in [-0.05, 0) is 79.2 Å². The van der Waals surface area contributed by atoms with Crippen molar-refractivity contribution in [1.82, 2.24) is 39.9 Å².